The number of nitrogens with two attached hydrogens (primary N) is 1. The van der Waals surface area contributed by atoms with Crippen LogP contribution in [0.15, 0.2) is 36.5 Å². The number of anilines is 1. The summed E-state index contributed by atoms with van der Waals surface area (Å²) in [6.45, 7) is 0. The number of hydrogen-bond donors (Lipinski definition) is 1. The van der Waals surface area contributed by atoms with Crippen LogP contribution in [0.2, 0.25) is 5.02 Å². The van der Waals surface area contributed by atoms with Gasteiger partial charge in [-0.3, -0.25) is 0 Å². The van der Waals surface area contributed by atoms with E-state index in [1.807, 2.05) is 12.1 Å². The number of aryl methyl sites for hydroxylation is 2. The normalized spacial score (nSPS) is 10.5. The Bertz CT molecular complexity index is 529. The van der Waals surface area contributed by atoms with Crippen molar-refractivity contribution in [2.45, 2.75) is 12.8 Å². The fraction of sp³-hybridized carbons (Fsp3) is 0.154. The molecule has 0 aliphatic rings. The van der Waals surface area contributed by atoms with Crippen LogP contribution >= 0.6 is 11.6 Å². The Kier molecular flexibility index (Phi) is 3.59. The molecular formula is C13H12ClFN2. The molecule has 88 valence electrons. The maximum Gasteiger partial charge on any atom is 0.141 e. The fourth-order valence-electron chi connectivity index (χ4n) is 1.63. The SMILES string of the molecule is Nc1cc(CCc2ccc(F)c(Cl)c2)ccn1. The van der Waals surface area contributed by atoms with Gasteiger partial charge in [-0.2, -0.15) is 0 Å². The fourth-order valence-corrected chi connectivity index (χ4v) is 1.84. The van der Waals surface area contributed by atoms with Gasteiger partial charge < -0.3 is 5.73 Å². The second-order valence-electron chi connectivity index (χ2n) is 3.84. The summed E-state index contributed by atoms with van der Waals surface area (Å²) in [5.41, 5.74) is 7.71. The van der Waals surface area contributed by atoms with Crippen molar-refractivity contribution in [1.82, 2.24) is 4.98 Å². The minimum absolute atomic E-state index is 0.164. The van der Waals surface area contributed by atoms with Crippen LogP contribution in [0.25, 0.3) is 0 Å². The first kappa shape index (κ1) is 11.9. The molecule has 0 bridgehead atoms. The third kappa shape index (κ3) is 3.17. The molecule has 0 spiro atoms. The van der Waals surface area contributed by atoms with Gasteiger partial charge in [0, 0.05) is 6.20 Å². The van der Waals surface area contributed by atoms with Crippen LogP contribution in [0, 0.1) is 5.82 Å². The predicted octanol–water partition coefficient (Wildman–Crippen LogP) is 3.24. The van der Waals surface area contributed by atoms with Crippen molar-refractivity contribution in [3.63, 3.8) is 0 Å². The van der Waals surface area contributed by atoms with Gasteiger partial charge in [-0.25, -0.2) is 9.37 Å². The van der Waals surface area contributed by atoms with Crippen LogP contribution in [0.5, 0.6) is 0 Å². The minimum atomic E-state index is -0.386. The van der Waals surface area contributed by atoms with Crippen molar-refractivity contribution in [3.05, 3.63) is 58.5 Å². The molecule has 2 nitrogen and oxygen atoms in total. The van der Waals surface area contributed by atoms with Gasteiger partial charge in [0.25, 0.3) is 0 Å². The Morgan fingerprint density at radius 3 is 2.47 bits per heavy atom. The van der Waals surface area contributed by atoms with Gasteiger partial charge in [0.15, 0.2) is 0 Å². The topological polar surface area (TPSA) is 38.9 Å². The highest BCUT2D eigenvalue weighted by molar-refractivity contribution is 6.30. The van der Waals surface area contributed by atoms with Crippen LogP contribution in [-0.4, -0.2) is 4.98 Å². The molecule has 0 unspecified atom stereocenters. The molecule has 1 aromatic heterocycles. The Morgan fingerprint density at radius 1 is 1.12 bits per heavy atom. The summed E-state index contributed by atoms with van der Waals surface area (Å²) in [7, 11) is 0. The van der Waals surface area contributed by atoms with Crippen LogP contribution < -0.4 is 5.73 Å². The third-order valence-corrected chi connectivity index (χ3v) is 2.82. The summed E-state index contributed by atoms with van der Waals surface area (Å²) in [5.74, 6) is 0.128. The zero-order valence-electron chi connectivity index (χ0n) is 9.16. The maximum absolute atomic E-state index is 13.0. The van der Waals surface area contributed by atoms with Crippen molar-refractivity contribution in [2.75, 3.05) is 5.73 Å². The number of nitrogens with zero attached hydrogens (tertiary/aromatic N) is 1. The zero-order chi connectivity index (χ0) is 12.3. The van der Waals surface area contributed by atoms with Gasteiger partial charge in [-0.15, -0.1) is 0 Å². The highest BCUT2D eigenvalue weighted by atomic mass is 35.5. The van der Waals surface area contributed by atoms with Crippen LogP contribution in [0.3, 0.4) is 0 Å². The first-order chi connectivity index (χ1) is 8.15. The number of rotatable bonds is 3. The van der Waals surface area contributed by atoms with Crippen molar-refractivity contribution >= 4 is 17.4 Å². The van der Waals surface area contributed by atoms with Gasteiger partial charge in [0.05, 0.1) is 5.02 Å². The first-order valence-electron chi connectivity index (χ1n) is 5.29. The Morgan fingerprint density at radius 2 is 1.82 bits per heavy atom. The van der Waals surface area contributed by atoms with E-state index in [2.05, 4.69) is 4.98 Å². The molecule has 2 rings (SSSR count). The molecule has 0 radical (unpaired) electrons. The highest BCUT2D eigenvalue weighted by Crippen LogP contribution is 2.17. The number of pyridine rings is 1. The third-order valence-electron chi connectivity index (χ3n) is 2.53. The molecule has 4 heteroatoms. The average molecular weight is 251 g/mol. The van der Waals surface area contributed by atoms with E-state index in [1.165, 1.54) is 6.07 Å². The Hall–Kier alpha value is -1.61. The van der Waals surface area contributed by atoms with E-state index < -0.39 is 0 Å². The number of nitrogen functional groups attached to an aromatic ring is 1. The van der Waals surface area contributed by atoms with E-state index in [0.29, 0.717) is 5.82 Å². The molecule has 17 heavy (non-hydrogen) atoms. The van der Waals surface area contributed by atoms with Gasteiger partial charge in [0.1, 0.15) is 11.6 Å². The van der Waals surface area contributed by atoms with Gasteiger partial charge in [-0.05, 0) is 48.2 Å². The number of halogens is 2. The lowest BCUT2D eigenvalue weighted by atomic mass is 10.1. The highest BCUT2D eigenvalue weighted by Gasteiger charge is 2.02. The second kappa shape index (κ2) is 5.15. The molecule has 0 amide bonds. The summed E-state index contributed by atoms with van der Waals surface area (Å²) >= 11 is 5.72. The van der Waals surface area contributed by atoms with Crippen molar-refractivity contribution in [3.8, 4) is 0 Å². The molecule has 0 saturated carbocycles. The van der Waals surface area contributed by atoms with Crippen molar-refractivity contribution < 1.29 is 4.39 Å². The molecule has 0 aliphatic carbocycles. The standard InChI is InChI=1S/C13H12ClFN2/c14-11-7-9(3-4-12(11)15)1-2-10-5-6-17-13(16)8-10/h3-8H,1-2H2,(H2,16,17). The lowest BCUT2D eigenvalue weighted by Gasteiger charge is -2.04. The smallest absolute Gasteiger partial charge is 0.141 e. The van der Waals surface area contributed by atoms with E-state index in [-0.39, 0.29) is 10.8 Å². The second-order valence-corrected chi connectivity index (χ2v) is 4.24. The van der Waals surface area contributed by atoms with E-state index in [4.69, 9.17) is 17.3 Å². The number of hydrogen-bond acceptors (Lipinski definition) is 2. The summed E-state index contributed by atoms with van der Waals surface area (Å²) < 4.78 is 13.0. The molecule has 0 aliphatic heterocycles. The Labute approximate surface area is 104 Å². The molecular weight excluding hydrogens is 239 g/mol. The molecule has 0 atom stereocenters. The molecule has 1 heterocycles. The lowest BCUT2D eigenvalue weighted by molar-refractivity contribution is 0.627. The van der Waals surface area contributed by atoms with Crippen LogP contribution in [-0.2, 0) is 12.8 Å². The monoisotopic (exact) mass is 250 g/mol. The van der Waals surface area contributed by atoms with Gasteiger partial charge in [0.2, 0.25) is 0 Å². The van der Waals surface area contributed by atoms with E-state index in [1.54, 1.807) is 18.3 Å². The minimum Gasteiger partial charge on any atom is -0.384 e. The van der Waals surface area contributed by atoms with Gasteiger partial charge >= 0.3 is 0 Å². The average Bonchev–Trinajstić information content (AvgIpc) is 2.31. The first-order valence-corrected chi connectivity index (χ1v) is 5.67. The van der Waals surface area contributed by atoms with E-state index >= 15 is 0 Å². The molecule has 1 aromatic carbocycles. The summed E-state index contributed by atoms with van der Waals surface area (Å²) in [5, 5.41) is 0.164. The van der Waals surface area contributed by atoms with E-state index in [0.717, 1.165) is 24.0 Å². The maximum atomic E-state index is 13.0. The largest absolute Gasteiger partial charge is 0.384 e. The molecule has 2 aromatic rings. The number of benzene rings is 1. The zero-order valence-corrected chi connectivity index (χ0v) is 9.91. The molecule has 2 N–H and O–H groups in total. The lowest BCUT2D eigenvalue weighted by Crippen LogP contribution is -1.95. The summed E-state index contributed by atoms with van der Waals surface area (Å²) in [4.78, 5) is 3.93. The summed E-state index contributed by atoms with van der Waals surface area (Å²) in [6, 6.07) is 8.54. The van der Waals surface area contributed by atoms with E-state index in [9.17, 15) is 4.39 Å². The van der Waals surface area contributed by atoms with Crippen LogP contribution in [0.4, 0.5) is 10.2 Å². The molecule has 0 fully saturated rings. The quantitative estimate of drug-likeness (QED) is 0.908. The van der Waals surface area contributed by atoms with Crippen LogP contribution in [0.1, 0.15) is 11.1 Å². The number of aromatic nitrogens is 1. The summed E-state index contributed by atoms with van der Waals surface area (Å²) in [6.07, 6.45) is 3.31. The van der Waals surface area contributed by atoms with Crippen molar-refractivity contribution in [2.24, 2.45) is 0 Å². The molecule has 0 saturated heterocycles. The Balaban J connectivity index is 2.05. The van der Waals surface area contributed by atoms with Crippen molar-refractivity contribution in [1.29, 1.82) is 0 Å². The van der Waals surface area contributed by atoms with Gasteiger partial charge in [-0.1, -0.05) is 17.7 Å². The predicted molar refractivity (Wildman–Crippen MR) is 67.5 cm³/mol.